The summed E-state index contributed by atoms with van der Waals surface area (Å²) in [5, 5.41) is 6.97. The Labute approximate surface area is 148 Å². The summed E-state index contributed by atoms with van der Waals surface area (Å²) in [6.07, 6.45) is 4.47. The molecule has 8 heteroatoms. The highest BCUT2D eigenvalue weighted by Crippen LogP contribution is 2.31. The predicted molar refractivity (Wildman–Crippen MR) is 93.6 cm³/mol. The second-order valence-corrected chi connectivity index (χ2v) is 5.84. The van der Waals surface area contributed by atoms with Crippen molar-refractivity contribution in [2.45, 2.75) is 12.6 Å². The van der Waals surface area contributed by atoms with Gasteiger partial charge in [0.25, 0.3) is 5.91 Å². The summed E-state index contributed by atoms with van der Waals surface area (Å²) in [6.45, 7) is 0.915. The van der Waals surface area contributed by atoms with Crippen LogP contribution in [0.3, 0.4) is 0 Å². The van der Waals surface area contributed by atoms with Gasteiger partial charge in [-0.25, -0.2) is 0 Å². The highest BCUT2D eigenvalue weighted by atomic mass is 16.6. The number of ether oxygens (including phenoxy) is 2. The van der Waals surface area contributed by atoms with Gasteiger partial charge in [-0.05, 0) is 18.2 Å². The van der Waals surface area contributed by atoms with Gasteiger partial charge in [0.05, 0.1) is 24.0 Å². The van der Waals surface area contributed by atoms with Crippen LogP contribution in [0.25, 0.3) is 0 Å². The smallest absolute Gasteiger partial charge is 0.257 e. The molecule has 0 saturated heterocycles. The average molecular weight is 352 g/mol. The van der Waals surface area contributed by atoms with E-state index in [1.165, 1.54) is 18.3 Å². The maximum absolute atomic E-state index is 12.1. The fraction of sp³-hybridized carbons (Fsp3) is 0.167. The average Bonchev–Trinajstić information content (AvgIpc) is 3.09. The molecule has 1 unspecified atom stereocenters. The number of pyridine rings is 1. The Kier molecular flexibility index (Phi) is 4.14. The van der Waals surface area contributed by atoms with Crippen molar-refractivity contribution in [3.8, 4) is 11.5 Å². The Hall–Kier alpha value is -3.55. The van der Waals surface area contributed by atoms with Crippen LogP contribution in [0.1, 0.15) is 10.4 Å². The first kappa shape index (κ1) is 15.9. The zero-order valence-electron chi connectivity index (χ0n) is 13.7. The third kappa shape index (κ3) is 3.44. The van der Waals surface area contributed by atoms with Gasteiger partial charge in [-0.3, -0.25) is 14.3 Å². The monoisotopic (exact) mass is 352 g/mol. The van der Waals surface area contributed by atoms with Crippen LogP contribution in [0.2, 0.25) is 0 Å². The number of fused-ring (bicyclic) bond motifs is 1. The summed E-state index contributed by atoms with van der Waals surface area (Å²) in [5.41, 5.74) is 0.655. The fourth-order valence-corrected chi connectivity index (χ4v) is 2.64. The number of aromatic nitrogens is 3. The standard InChI is InChI=1S/C18H16N4O4/c23-17-6-5-12(7-19-17)18(24)21-13-8-20-22(9-13)10-14-11-25-15-3-1-2-4-16(15)26-14/h1-9,14H,10-11H2,(H,19,23)(H,21,24). The van der Waals surface area contributed by atoms with Gasteiger partial charge >= 0.3 is 0 Å². The van der Waals surface area contributed by atoms with E-state index in [1.807, 2.05) is 24.3 Å². The molecule has 0 fully saturated rings. The zero-order valence-corrected chi connectivity index (χ0v) is 13.7. The Morgan fingerprint density at radius 1 is 1.27 bits per heavy atom. The van der Waals surface area contributed by atoms with E-state index in [9.17, 15) is 9.59 Å². The molecule has 132 valence electrons. The third-order valence-corrected chi connectivity index (χ3v) is 3.90. The summed E-state index contributed by atoms with van der Waals surface area (Å²) in [6, 6.07) is 10.3. The largest absolute Gasteiger partial charge is 0.486 e. The Morgan fingerprint density at radius 3 is 2.92 bits per heavy atom. The number of benzene rings is 1. The topological polar surface area (TPSA) is 98.2 Å². The first-order chi connectivity index (χ1) is 12.7. The number of nitrogens with zero attached hydrogens (tertiary/aromatic N) is 2. The highest BCUT2D eigenvalue weighted by Gasteiger charge is 2.21. The fourth-order valence-electron chi connectivity index (χ4n) is 2.64. The van der Waals surface area contributed by atoms with Crippen LogP contribution in [-0.4, -0.2) is 33.4 Å². The van der Waals surface area contributed by atoms with E-state index in [-0.39, 0.29) is 17.6 Å². The number of amides is 1. The van der Waals surface area contributed by atoms with Gasteiger partial charge in [0.1, 0.15) is 6.61 Å². The molecule has 26 heavy (non-hydrogen) atoms. The van der Waals surface area contributed by atoms with Crippen LogP contribution in [0.4, 0.5) is 5.69 Å². The molecule has 1 aliphatic heterocycles. The zero-order chi connectivity index (χ0) is 17.9. The number of H-pyrrole nitrogens is 1. The van der Waals surface area contributed by atoms with Gasteiger partial charge in [0.15, 0.2) is 17.6 Å². The maximum atomic E-state index is 12.1. The number of anilines is 1. The third-order valence-electron chi connectivity index (χ3n) is 3.90. The molecule has 0 saturated carbocycles. The van der Waals surface area contributed by atoms with Crippen LogP contribution in [0, 0.1) is 0 Å². The molecule has 1 aromatic carbocycles. The lowest BCUT2D eigenvalue weighted by Crippen LogP contribution is -2.33. The second-order valence-electron chi connectivity index (χ2n) is 5.84. The van der Waals surface area contributed by atoms with E-state index in [2.05, 4.69) is 15.4 Å². The summed E-state index contributed by atoms with van der Waals surface area (Å²) >= 11 is 0. The number of carbonyl (C=O) groups is 1. The van der Waals surface area contributed by atoms with E-state index < -0.39 is 0 Å². The molecule has 1 aliphatic rings. The SMILES string of the molecule is O=C(Nc1cnn(CC2COc3ccccc3O2)c1)c1ccc(=O)[nH]c1. The molecule has 1 amide bonds. The number of nitrogens with one attached hydrogen (secondary N) is 2. The van der Waals surface area contributed by atoms with E-state index in [0.717, 1.165) is 5.75 Å². The van der Waals surface area contributed by atoms with E-state index in [0.29, 0.717) is 30.2 Å². The van der Waals surface area contributed by atoms with Crippen molar-refractivity contribution < 1.29 is 14.3 Å². The van der Waals surface area contributed by atoms with Crippen LogP contribution < -0.4 is 20.3 Å². The van der Waals surface area contributed by atoms with Crippen molar-refractivity contribution in [3.63, 3.8) is 0 Å². The van der Waals surface area contributed by atoms with Gasteiger partial charge < -0.3 is 19.8 Å². The van der Waals surface area contributed by atoms with Gasteiger partial charge in [-0.2, -0.15) is 5.10 Å². The Morgan fingerprint density at radius 2 is 2.12 bits per heavy atom. The van der Waals surface area contributed by atoms with Crippen molar-refractivity contribution in [3.05, 3.63) is 70.9 Å². The van der Waals surface area contributed by atoms with Crippen molar-refractivity contribution in [1.82, 2.24) is 14.8 Å². The first-order valence-corrected chi connectivity index (χ1v) is 8.08. The summed E-state index contributed by atoms with van der Waals surface area (Å²) < 4.78 is 13.3. The van der Waals surface area contributed by atoms with Crippen molar-refractivity contribution >= 4 is 11.6 Å². The van der Waals surface area contributed by atoms with Crippen LogP contribution >= 0.6 is 0 Å². The number of hydrogen-bond acceptors (Lipinski definition) is 5. The lowest BCUT2D eigenvalue weighted by molar-refractivity contribution is 0.0759. The molecular formula is C18H16N4O4. The maximum Gasteiger partial charge on any atom is 0.257 e. The molecule has 8 nitrogen and oxygen atoms in total. The van der Waals surface area contributed by atoms with Gasteiger partial charge in [-0.15, -0.1) is 0 Å². The van der Waals surface area contributed by atoms with Gasteiger partial charge in [0.2, 0.25) is 5.56 Å². The van der Waals surface area contributed by atoms with Crippen LogP contribution in [0.5, 0.6) is 11.5 Å². The van der Waals surface area contributed by atoms with Gasteiger partial charge in [0, 0.05) is 18.5 Å². The number of hydrogen-bond donors (Lipinski definition) is 2. The van der Waals surface area contributed by atoms with Crippen molar-refractivity contribution in [2.75, 3.05) is 11.9 Å². The molecule has 1 atom stereocenters. The molecule has 0 bridgehead atoms. The number of para-hydroxylation sites is 2. The first-order valence-electron chi connectivity index (χ1n) is 8.08. The minimum Gasteiger partial charge on any atom is -0.486 e. The van der Waals surface area contributed by atoms with Gasteiger partial charge in [-0.1, -0.05) is 12.1 Å². The summed E-state index contributed by atoms with van der Waals surface area (Å²) in [5.74, 6) is 1.12. The van der Waals surface area contributed by atoms with Crippen molar-refractivity contribution in [2.24, 2.45) is 0 Å². The molecule has 2 N–H and O–H groups in total. The number of aromatic amines is 1. The number of rotatable bonds is 4. The minimum absolute atomic E-state index is 0.174. The molecule has 0 radical (unpaired) electrons. The second kappa shape index (κ2) is 6.75. The normalized spacial score (nSPS) is 15.5. The number of carbonyl (C=O) groups excluding carboxylic acids is 1. The van der Waals surface area contributed by atoms with Crippen molar-refractivity contribution in [1.29, 1.82) is 0 Å². The Balaban J connectivity index is 1.38. The highest BCUT2D eigenvalue weighted by molar-refractivity contribution is 6.03. The van der Waals surface area contributed by atoms with E-state index in [1.54, 1.807) is 17.1 Å². The molecule has 0 spiro atoms. The van der Waals surface area contributed by atoms with E-state index in [4.69, 9.17) is 9.47 Å². The predicted octanol–water partition coefficient (Wildman–Crippen LogP) is 1.66. The lowest BCUT2D eigenvalue weighted by Gasteiger charge is -2.26. The molecule has 3 aromatic rings. The quantitative estimate of drug-likeness (QED) is 0.744. The summed E-state index contributed by atoms with van der Waals surface area (Å²) in [7, 11) is 0. The lowest BCUT2D eigenvalue weighted by atomic mass is 10.2. The molecule has 3 heterocycles. The Bertz CT molecular complexity index is 974. The minimum atomic E-state index is -0.327. The molecular weight excluding hydrogens is 336 g/mol. The van der Waals surface area contributed by atoms with Crippen LogP contribution in [-0.2, 0) is 6.54 Å². The molecule has 4 rings (SSSR count). The summed E-state index contributed by atoms with van der Waals surface area (Å²) in [4.78, 5) is 25.7. The van der Waals surface area contributed by atoms with E-state index >= 15 is 0 Å². The molecule has 0 aliphatic carbocycles. The molecule has 2 aromatic heterocycles. The van der Waals surface area contributed by atoms with Crippen LogP contribution in [0.15, 0.2) is 59.8 Å².